The number of fused-ring (bicyclic) bond motifs is 4. The van der Waals surface area contributed by atoms with Crippen LogP contribution in [0.5, 0.6) is 0 Å². The van der Waals surface area contributed by atoms with Gasteiger partial charge < -0.3 is 4.90 Å². The van der Waals surface area contributed by atoms with E-state index >= 15 is 0 Å². The number of aromatic nitrogens is 4. The van der Waals surface area contributed by atoms with Crippen LogP contribution in [0.25, 0.3) is 55.9 Å². The largest absolute Gasteiger partial charge is 0.310 e. The molecule has 0 atom stereocenters. The fraction of sp³-hybridized carbons (Fsp3) is 0. The molecule has 0 aliphatic carbocycles. The summed E-state index contributed by atoms with van der Waals surface area (Å²) in [7, 11) is 0. The summed E-state index contributed by atoms with van der Waals surface area (Å²) in [4.78, 5) is 12.6. The molecule has 0 N–H and O–H groups in total. The van der Waals surface area contributed by atoms with Gasteiger partial charge in [0.1, 0.15) is 5.82 Å². The maximum absolute atomic E-state index is 5.21. The number of nitrogens with zero attached hydrogens (tertiary/aromatic N) is 5. The molecule has 0 radical (unpaired) electrons. The van der Waals surface area contributed by atoms with Crippen molar-refractivity contribution in [2.24, 2.45) is 0 Å². The second-order valence-electron chi connectivity index (χ2n) is 11.6. The summed E-state index contributed by atoms with van der Waals surface area (Å²) in [5.74, 6) is 1.48. The minimum atomic E-state index is 0.655. The van der Waals surface area contributed by atoms with E-state index in [0.29, 0.717) is 5.78 Å². The SMILES string of the molecule is c1ccc(-c2nc3nc(-n4c5ccccc5c5cc(N(c6ccccc6)c6ccccc6)ccc54)ccn3c2-c2ccccc2)cc1. The zero-order valence-electron chi connectivity index (χ0n) is 25.5. The average molecular weight is 604 g/mol. The van der Waals surface area contributed by atoms with Gasteiger partial charge >= 0.3 is 0 Å². The van der Waals surface area contributed by atoms with Crippen LogP contribution >= 0.6 is 0 Å². The molecule has 0 saturated carbocycles. The van der Waals surface area contributed by atoms with Crippen LogP contribution in [0.15, 0.2) is 176 Å². The predicted molar refractivity (Wildman–Crippen MR) is 193 cm³/mol. The molecule has 9 rings (SSSR count). The van der Waals surface area contributed by atoms with Crippen LogP contribution in [0.1, 0.15) is 0 Å². The molecule has 5 heteroatoms. The molecular weight excluding hydrogens is 574 g/mol. The Hall–Kier alpha value is -6.46. The second kappa shape index (κ2) is 11.2. The summed E-state index contributed by atoms with van der Waals surface area (Å²) in [6.07, 6.45) is 2.10. The zero-order chi connectivity index (χ0) is 31.2. The van der Waals surface area contributed by atoms with Gasteiger partial charge in [0.15, 0.2) is 0 Å². The van der Waals surface area contributed by atoms with E-state index in [2.05, 4.69) is 178 Å². The Labute approximate surface area is 272 Å². The van der Waals surface area contributed by atoms with Crippen LogP contribution in [0.4, 0.5) is 17.1 Å². The Morgan fingerprint density at radius 3 is 1.70 bits per heavy atom. The molecule has 3 aromatic heterocycles. The van der Waals surface area contributed by atoms with Gasteiger partial charge in [-0.15, -0.1) is 0 Å². The van der Waals surface area contributed by atoms with Crippen molar-refractivity contribution in [2.75, 3.05) is 4.90 Å². The molecule has 0 spiro atoms. The Morgan fingerprint density at radius 2 is 1.02 bits per heavy atom. The van der Waals surface area contributed by atoms with Gasteiger partial charge in [-0.1, -0.05) is 115 Å². The fourth-order valence-electron chi connectivity index (χ4n) is 6.66. The lowest BCUT2D eigenvalue weighted by atomic mass is 10.1. The number of anilines is 3. The molecule has 0 amide bonds. The van der Waals surface area contributed by atoms with Crippen LogP contribution in [0.3, 0.4) is 0 Å². The summed E-state index contributed by atoms with van der Waals surface area (Å²) in [6, 6.07) is 59.2. The van der Waals surface area contributed by atoms with Crippen LogP contribution < -0.4 is 4.90 Å². The highest BCUT2D eigenvalue weighted by Gasteiger charge is 2.20. The normalized spacial score (nSPS) is 11.4. The highest BCUT2D eigenvalue weighted by atomic mass is 15.2. The smallest absolute Gasteiger partial charge is 0.236 e. The number of imidazole rings is 1. The summed E-state index contributed by atoms with van der Waals surface area (Å²) >= 11 is 0. The highest BCUT2D eigenvalue weighted by Crippen LogP contribution is 2.40. The van der Waals surface area contributed by atoms with Crippen molar-refractivity contribution in [1.82, 2.24) is 18.9 Å². The Morgan fingerprint density at radius 1 is 0.447 bits per heavy atom. The van der Waals surface area contributed by atoms with E-state index in [-0.39, 0.29) is 0 Å². The molecule has 3 heterocycles. The topological polar surface area (TPSA) is 38.4 Å². The van der Waals surface area contributed by atoms with Crippen molar-refractivity contribution in [3.05, 3.63) is 176 Å². The Kier molecular flexibility index (Phi) is 6.39. The molecule has 0 fully saturated rings. The zero-order valence-corrected chi connectivity index (χ0v) is 25.5. The fourth-order valence-corrected chi connectivity index (χ4v) is 6.66. The summed E-state index contributed by atoms with van der Waals surface area (Å²) in [6.45, 7) is 0. The van der Waals surface area contributed by atoms with Crippen molar-refractivity contribution in [2.45, 2.75) is 0 Å². The van der Waals surface area contributed by atoms with Crippen LogP contribution in [-0.4, -0.2) is 18.9 Å². The van der Waals surface area contributed by atoms with Gasteiger partial charge in [-0.2, -0.15) is 4.98 Å². The molecule has 5 nitrogen and oxygen atoms in total. The maximum Gasteiger partial charge on any atom is 0.236 e. The first-order valence-corrected chi connectivity index (χ1v) is 15.8. The van der Waals surface area contributed by atoms with Gasteiger partial charge in [0.2, 0.25) is 5.78 Å². The Bertz CT molecular complexity index is 2460. The lowest BCUT2D eigenvalue weighted by Crippen LogP contribution is -2.09. The van der Waals surface area contributed by atoms with Crippen molar-refractivity contribution < 1.29 is 0 Å². The summed E-state index contributed by atoms with van der Waals surface area (Å²) in [5.41, 5.74) is 9.59. The number of benzene rings is 6. The van der Waals surface area contributed by atoms with Crippen LogP contribution in [0.2, 0.25) is 0 Å². The number of hydrogen-bond donors (Lipinski definition) is 0. The lowest BCUT2D eigenvalue weighted by molar-refractivity contribution is 1.03. The first kappa shape index (κ1) is 26.9. The quantitative estimate of drug-likeness (QED) is 0.190. The third kappa shape index (κ3) is 4.56. The Balaban J connectivity index is 1.25. The third-order valence-corrected chi connectivity index (χ3v) is 8.75. The van der Waals surface area contributed by atoms with Gasteiger partial charge in [0, 0.05) is 45.2 Å². The molecule has 0 aliphatic heterocycles. The molecule has 0 saturated heterocycles. The van der Waals surface area contributed by atoms with E-state index in [4.69, 9.17) is 9.97 Å². The van der Waals surface area contributed by atoms with Crippen LogP contribution in [-0.2, 0) is 0 Å². The van der Waals surface area contributed by atoms with Crippen molar-refractivity contribution in [3.8, 4) is 28.3 Å². The van der Waals surface area contributed by atoms with E-state index in [0.717, 1.165) is 61.8 Å². The third-order valence-electron chi connectivity index (χ3n) is 8.75. The number of rotatable bonds is 6. The molecule has 0 aliphatic rings. The molecule has 0 bridgehead atoms. The van der Waals surface area contributed by atoms with Crippen molar-refractivity contribution >= 4 is 44.6 Å². The molecule has 6 aromatic carbocycles. The molecular formula is C42H29N5. The minimum Gasteiger partial charge on any atom is -0.310 e. The maximum atomic E-state index is 5.21. The van der Waals surface area contributed by atoms with E-state index in [9.17, 15) is 0 Å². The lowest BCUT2D eigenvalue weighted by Gasteiger charge is -2.25. The molecule has 0 unspecified atom stereocenters. The van der Waals surface area contributed by atoms with E-state index in [1.165, 1.54) is 5.39 Å². The van der Waals surface area contributed by atoms with Gasteiger partial charge in [0.25, 0.3) is 0 Å². The van der Waals surface area contributed by atoms with Crippen LogP contribution in [0, 0.1) is 0 Å². The van der Waals surface area contributed by atoms with Gasteiger partial charge in [-0.3, -0.25) is 8.97 Å². The van der Waals surface area contributed by atoms with Crippen molar-refractivity contribution in [1.29, 1.82) is 0 Å². The standard InChI is InChI=1S/C42H29N5/c1-5-15-30(16-6-1)40-41(31-17-7-2-8-18-31)45-28-27-39(43-42(45)44-40)47-37-24-14-13-23-35(37)36-29-34(25-26-38(36)47)46(32-19-9-3-10-20-32)33-21-11-4-12-22-33/h1-29H. The van der Waals surface area contributed by atoms with E-state index in [1.807, 2.05) is 12.1 Å². The summed E-state index contributed by atoms with van der Waals surface area (Å²) in [5, 5.41) is 2.33. The number of hydrogen-bond acceptors (Lipinski definition) is 3. The molecule has 47 heavy (non-hydrogen) atoms. The first-order chi connectivity index (χ1) is 23.3. The first-order valence-electron chi connectivity index (χ1n) is 15.8. The van der Waals surface area contributed by atoms with E-state index < -0.39 is 0 Å². The molecule has 9 aromatic rings. The van der Waals surface area contributed by atoms with Gasteiger partial charge in [-0.25, -0.2) is 4.98 Å². The highest BCUT2D eigenvalue weighted by molar-refractivity contribution is 6.10. The average Bonchev–Trinajstić information content (AvgIpc) is 3.69. The molecule has 222 valence electrons. The number of para-hydroxylation sites is 3. The van der Waals surface area contributed by atoms with Crippen molar-refractivity contribution in [3.63, 3.8) is 0 Å². The summed E-state index contributed by atoms with van der Waals surface area (Å²) < 4.78 is 4.35. The second-order valence-corrected chi connectivity index (χ2v) is 11.6. The van der Waals surface area contributed by atoms with Gasteiger partial charge in [0.05, 0.1) is 22.4 Å². The van der Waals surface area contributed by atoms with Gasteiger partial charge in [-0.05, 0) is 54.6 Å². The minimum absolute atomic E-state index is 0.655. The van der Waals surface area contributed by atoms with E-state index in [1.54, 1.807) is 0 Å². The monoisotopic (exact) mass is 603 g/mol. The predicted octanol–water partition coefficient (Wildman–Crippen LogP) is 10.6.